The fourth-order valence-corrected chi connectivity index (χ4v) is 2.99. The van der Waals surface area contributed by atoms with Crippen LogP contribution in [-0.2, 0) is 4.79 Å². The maximum Gasteiger partial charge on any atom is 0.251 e. The molecule has 1 heterocycles. The van der Waals surface area contributed by atoms with Gasteiger partial charge in [-0.1, -0.05) is 13.8 Å². The zero-order chi connectivity index (χ0) is 18.0. The Balaban J connectivity index is 2.01. The molecule has 1 aliphatic rings. The van der Waals surface area contributed by atoms with E-state index in [-0.39, 0.29) is 28.8 Å². The summed E-state index contributed by atoms with van der Waals surface area (Å²) in [7, 11) is 0. The molecule has 0 radical (unpaired) electrons. The van der Waals surface area contributed by atoms with Crippen LogP contribution >= 0.6 is 0 Å². The molecule has 1 aromatic carbocycles. The Kier molecular flexibility index (Phi) is 5.33. The molecule has 132 valence electrons. The number of hydrogen-bond acceptors (Lipinski definition) is 3. The highest BCUT2D eigenvalue weighted by Gasteiger charge is 2.37. The van der Waals surface area contributed by atoms with Gasteiger partial charge < -0.3 is 16.0 Å². The van der Waals surface area contributed by atoms with Gasteiger partial charge in [0, 0.05) is 16.8 Å². The molecule has 1 atom stereocenters. The van der Waals surface area contributed by atoms with Gasteiger partial charge in [-0.05, 0) is 69.8 Å². The first-order valence-corrected chi connectivity index (χ1v) is 8.55. The van der Waals surface area contributed by atoms with E-state index < -0.39 is 0 Å². The number of piperidine rings is 1. The van der Waals surface area contributed by atoms with Crippen molar-refractivity contribution in [1.29, 1.82) is 0 Å². The number of hydrogen-bond donors (Lipinski definition) is 3. The van der Waals surface area contributed by atoms with Crippen molar-refractivity contribution in [2.75, 3.05) is 11.9 Å². The fraction of sp³-hybridized carbons (Fsp3) is 0.579. The summed E-state index contributed by atoms with van der Waals surface area (Å²) in [5, 5.41) is 9.18. The number of nitrogens with one attached hydrogen (secondary N) is 3. The maximum absolute atomic E-state index is 12.5. The third-order valence-electron chi connectivity index (χ3n) is 4.29. The first kappa shape index (κ1) is 18.5. The molecule has 2 amide bonds. The minimum Gasteiger partial charge on any atom is -0.347 e. The van der Waals surface area contributed by atoms with Gasteiger partial charge in [0.15, 0.2) is 0 Å². The highest BCUT2D eigenvalue weighted by Crippen LogP contribution is 2.30. The monoisotopic (exact) mass is 331 g/mol. The van der Waals surface area contributed by atoms with Crippen LogP contribution in [0.25, 0.3) is 0 Å². The zero-order valence-corrected chi connectivity index (χ0v) is 15.3. The second-order valence-corrected chi connectivity index (χ2v) is 8.25. The summed E-state index contributed by atoms with van der Waals surface area (Å²) < 4.78 is 0. The normalized spacial score (nSPS) is 20.3. The van der Waals surface area contributed by atoms with Crippen molar-refractivity contribution in [2.24, 2.45) is 5.41 Å². The smallest absolute Gasteiger partial charge is 0.251 e. The minimum absolute atomic E-state index is 0.0217. The third kappa shape index (κ3) is 4.81. The summed E-state index contributed by atoms with van der Waals surface area (Å²) >= 11 is 0. The van der Waals surface area contributed by atoms with Gasteiger partial charge in [0.05, 0.1) is 6.04 Å². The van der Waals surface area contributed by atoms with Gasteiger partial charge in [0.25, 0.3) is 5.91 Å². The van der Waals surface area contributed by atoms with Gasteiger partial charge in [0.1, 0.15) is 0 Å². The van der Waals surface area contributed by atoms with Crippen LogP contribution in [0, 0.1) is 5.41 Å². The maximum atomic E-state index is 12.5. The van der Waals surface area contributed by atoms with Crippen LogP contribution in [0.4, 0.5) is 5.69 Å². The lowest BCUT2D eigenvalue weighted by Gasteiger charge is -2.38. The Labute approximate surface area is 144 Å². The molecular weight excluding hydrogens is 302 g/mol. The molecule has 24 heavy (non-hydrogen) atoms. The number of carbonyl (C=O) groups is 2. The van der Waals surface area contributed by atoms with Crippen molar-refractivity contribution in [2.45, 2.75) is 59.0 Å². The average molecular weight is 331 g/mol. The quantitative estimate of drug-likeness (QED) is 0.797. The molecule has 1 saturated heterocycles. The van der Waals surface area contributed by atoms with E-state index in [1.807, 2.05) is 20.8 Å². The third-order valence-corrected chi connectivity index (χ3v) is 4.29. The number of anilines is 1. The predicted octanol–water partition coefficient (Wildman–Crippen LogP) is 2.93. The Bertz CT molecular complexity index is 600. The van der Waals surface area contributed by atoms with E-state index in [2.05, 4.69) is 29.8 Å². The van der Waals surface area contributed by atoms with Crippen LogP contribution in [0.2, 0.25) is 0 Å². The Morgan fingerprint density at radius 1 is 1.17 bits per heavy atom. The topological polar surface area (TPSA) is 70.2 Å². The Morgan fingerprint density at radius 3 is 2.33 bits per heavy atom. The lowest BCUT2D eigenvalue weighted by atomic mass is 9.77. The fourth-order valence-electron chi connectivity index (χ4n) is 2.99. The van der Waals surface area contributed by atoms with Crippen molar-refractivity contribution in [3.63, 3.8) is 0 Å². The largest absolute Gasteiger partial charge is 0.347 e. The number of carbonyl (C=O) groups excluding carboxylic acids is 2. The van der Waals surface area contributed by atoms with Gasteiger partial charge in [-0.15, -0.1) is 0 Å². The Morgan fingerprint density at radius 2 is 1.79 bits per heavy atom. The molecule has 1 unspecified atom stereocenters. The van der Waals surface area contributed by atoms with Crippen LogP contribution in [0.3, 0.4) is 0 Å². The number of benzene rings is 1. The summed E-state index contributed by atoms with van der Waals surface area (Å²) in [6.07, 6.45) is 2.12. The molecule has 0 spiro atoms. The van der Waals surface area contributed by atoms with Crippen LogP contribution in [-0.4, -0.2) is 29.9 Å². The first-order valence-electron chi connectivity index (χ1n) is 8.55. The molecule has 3 N–H and O–H groups in total. The summed E-state index contributed by atoms with van der Waals surface area (Å²) in [6, 6.07) is 6.80. The van der Waals surface area contributed by atoms with E-state index in [1.165, 1.54) is 0 Å². The van der Waals surface area contributed by atoms with Crippen LogP contribution in [0.5, 0.6) is 0 Å². The second-order valence-electron chi connectivity index (χ2n) is 8.25. The summed E-state index contributed by atoms with van der Waals surface area (Å²) in [4.78, 5) is 24.7. The summed E-state index contributed by atoms with van der Waals surface area (Å²) in [6.45, 7) is 10.9. The van der Waals surface area contributed by atoms with Crippen LogP contribution in [0.15, 0.2) is 24.3 Å². The van der Waals surface area contributed by atoms with Crippen molar-refractivity contribution in [3.05, 3.63) is 29.8 Å². The SMILES string of the molecule is CC(C)(C)NC(=O)c1ccc(NC(=O)C2NCCCC2(C)C)cc1. The molecule has 1 aromatic rings. The van der Waals surface area contributed by atoms with Crippen LogP contribution in [0.1, 0.15) is 57.8 Å². The number of amides is 2. The van der Waals surface area contributed by atoms with Gasteiger partial charge in [0.2, 0.25) is 5.91 Å². The second kappa shape index (κ2) is 6.93. The molecule has 5 heteroatoms. The summed E-state index contributed by atoms with van der Waals surface area (Å²) in [5.74, 6) is -0.137. The standard InChI is InChI=1S/C19H29N3O2/c1-18(2,3)22-16(23)13-7-9-14(10-8-13)21-17(24)15-19(4,5)11-6-12-20-15/h7-10,15,20H,6,11-12H2,1-5H3,(H,21,24)(H,22,23). The molecule has 5 nitrogen and oxygen atoms in total. The average Bonchev–Trinajstić information content (AvgIpc) is 2.45. The van der Waals surface area contributed by atoms with E-state index >= 15 is 0 Å². The molecule has 0 aliphatic carbocycles. The van der Waals surface area contributed by atoms with Gasteiger partial charge >= 0.3 is 0 Å². The van der Waals surface area contributed by atoms with Gasteiger partial charge in [-0.2, -0.15) is 0 Å². The zero-order valence-electron chi connectivity index (χ0n) is 15.3. The molecular formula is C19H29N3O2. The molecule has 0 bridgehead atoms. The predicted molar refractivity (Wildman–Crippen MR) is 97.1 cm³/mol. The van der Waals surface area contributed by atoms with Crippen molar-refractivity contribution in [1.82, 2.24) is 10.6 Å². The summed E-state index contributed by atoms with van der Waals surface area (Å²) in [5.41, 5.74) is 0.950. The van der Waals surface area contributed by atoms with Crippen LogP contribution < -0.4 is 16.0 Å². The van der Waals surface area contributed by atoms with E-state index in [4.69, 9.17) is 0 Å². The number of rotatable bonds is 3. The highest BCUT2D eigenvalue weighted by molar-refractivity contribution is 5.97. The first-order chi connectivity index (χ1) is 11.1. The minimum atomic E-state index is -0.276. The van der Waals surface area contributed by atoms with Crippen molar-refractivity contribution >= 4 is 17.5 Å². The lowest BCUT2D eigenvalue weighted by molar-refractivity contribution is -0.121. The van der Waals surface area contributed by atoms with E-state index in [0.717, 1.165) is 19.4 Å². The lowest BCUT2D eigenvalue weighted by Crippen LogP contribution is -2.53. The Hall–Kier alpha value is -1.88. The molecule has 0 aromatic heterocycles. The highest BCUT2D eigenvalue weighted by atomic mass is 16.2. The molecule has 2 rings (SSSR count). The van der Waals surface area contributed by atoms with E-state index in [9.17, 15) is 9.59 Å². The van der Waals surface area contributed by atoms with E-state index in [1.54, 1.807) is 24.3 Å². The van der Waals surface area contributed by atoms with Gasteiger partial charge in [-0.25, -0.2) is 0 Å². The molecule has 1 fully saturated rings. The van der Waals surface area contributed by atoms with Crippen molar-refractivity contribution < 1.29 is 9.59 Å². The van der Waals surface area contributed by atoms with E-state index in [0.29, 0.717) is 11.3 Å². The molecule has 0 saturated carbocycles. The molecule has 1 aliphatic heterocycles. The van der Waals surface area contributed by atoms with Crippen molar-refractivity contribution in [3.8, 4) is 0 Å². The van der Waals surface area contributed by atoms with Gasteiger partial charge in [-0.3, -0.25) is 9.59 Å².